The smallest absolute Gasteiger partial charge is 0.322 e. The zero-order chi connectivity index (χ0) is 16.5. The number of rotatable bonds is 2. The summed E-state index contributed by atoms with van der Waals surface area (Å²) in [5, 5.41) is 2.66. The van der Waals surface area contributed by atoms with Crippen LogP contribution in [0.4, 0.5) is 14.9 Å². The van der Waals surface area contributed by atoms with Gasteiger partial charge in [0.15, 0.2) is 0 Å². The van der Waals surface area contributed by atoms with Gasteiger partial charge in [-0.05, 0) is 37.1 Å². The van der Waals surface area contributed by atoms with Gasteiger partial charge < -0.3 is 15.2 Å². The Balaban J connectivity index is 1.58. The molecule has 0 aliphatic carbocycles. The Bertz CT molecular complexity index is 858. The number of nitrogens with zero attached hydrogens (tertiary/aromatic N) is 2. The molecular weight excluding hydrogens is 307 g/mol. The van der Waals surface area contributed by atoms with Gasteiger partial charge in [0.1, 0.15) is 11.6 Å². The van der Waals surface area contributed by atoms with Gasteiger partial charge in [0.25, 0.3) is 0 Å². The lowest BCUT2D eigenvalue weighted by Crippen LogP contribution is -2.35. The van der Waals surface area contributed by atoms with Gasteiger partial charge in [-0.15, -0.1) is 0 Å². The third-order valence-corrected chi connectivity index (χ3v) is 4.35. The number of hydrogen-bond acceptors (Lipinski definition) is 2. The highest BCUT2D eigenvalue weighted by atomic mass is 19.1. The summed E-state index contributed by atoms with van der Waals surface area (Å²) in [6.45, 7) is 0.627. The number of anilines is 1. The second-order valence-corrected chi connectivity index (χ2v) is 5.90. The van der Waals surface area contributed by atoms with E-state index in [0.717, 1.165) is 29.7 Å². The van der Waals surface area contributed by atoms with Crippen LogP contribution in [-0.4, -0.2) is 27.4 Å². The van der Waals surface area contributed by atoms with Crippen molar-refractivity contribution in [2.75, 3.05) is 11.9 Å². The molecule has 4 rings (SSSR count). The normalized spacial score (nSPS) is 17.4. The molecule has 6 heteroatoms. The number of fused-ring (bicyclic) bond motifs is 1. The number of benzene rings is 2. The number of amides is 2. The van der Waals surface area contributed by atoms with Crippen LogP contribution in [0.2, 0.25) is 0 Å². The minimum Gasteiger partial charge on any atom is -0.340 e. The second kappa shape index (κ2) is 5.96. The summed E-state index contributed by atoms with van der Waals surface area (Å²) in [7, 11) is 0. The molecule has 122 valence electrons. The second-order valence-electron chi connectivity index (χ2n) is 5.90. The first-order valence-electron chi connectivity index (χ1n) is 7.99. The third kappa shape index (κ3) is 2.60. The summed E-state index contributed by atoms with van der Waals surface area (Å²) < 4.78 is 13.7. The lowest BCUT2D eigenvalue weighted by atomic mass is 10.2. The van der Waals surface area contributed by atoms with E-state index in [2.05, 4.69) is 15.3 Å². The van der Waals surface area contributed by atoms with Crippen molar-refractivity contribution in [3.63, 3.8) is 0 Å². The largest absolute Gasteiger partial charge is 0.340 e. The van der Waals surface area contributed by atoms with Gasteiger partial charge in [-0.1, -0.05) is 24.3 Å². The predicted molar refractivity (Wildman–Crippen MR) is 90.2 cm³/mol. The molecule has 0 radical (unpaired) electrons. The van der Waals surface area contributed by atoms with E-state index in [0.29, 0.717) is 6.54 Å². The Labute approximate surface area is 138 Å². The Hall–Kier alpha value is -2.89. The van der Waals surface area contributed by atoms with Crippen LogP contribution in [0.25, 0.3) is 11.0 Å². The SMILES string of the molecule is O=C(Nc1ccccc1F)N1CCCC1c1nc2ccccc2[nH]1. The number of para-hydroxylation sites is 3. The highest BCUT2D eigenvalue weighted by Gasteiger charge is 2.32. The molecule has 1 unspecified atom stereocenters. The molecule has 24 heavy (non-hydrogen) atoms. The third-order valence-electron chi connectivity index (χ3n) is 4.35. The number of H-pyrrole nitrogens is 1. The summed E-state index contributed by atoms with van der Waals surface area (Å²) in [6, 6.07) is 13.5. The number of aromatic amines is 1. The van der Waals surface area contributed by atoms with Crippen molar-refractivity contribution in [2.45, 2.75) is 18.9 Å². The Morgan fingerprint density at radius 2 is 2.00 bits per heavy atom. The van der Waals surface area contributed by atoms with Gasteiger partial charge in [-0.3, -0.25) is 0 Å². The summed E-state index contributed by atoms with van der Waals surface area (Å²) in [5.41, 5.74) is 2.03. The first kappa shape index (κ1) is 14.7. The van der Waals surface area contributed by atoms with E-state index in [4.69, 9.17) is 0 Å². The van der Waals surface area contributed by atoms with E-state index in [1.54, 1.807) is 23.1 Å². The van der Waals surface area contributed by atoms with Gasteiger partial charge in [0.2, 0.25) is 0 Å². The minimum absolute atomic E-state index is 0.121. The maximum atomic E-state index is 13.7. The van der Waals surface area contributed by atoms with Crippen molar-refractivity contribution in [3.05, 3.63) is 60.2 Å². The maximum absolute atomic E-state index is 13.7. The summed E-state index contributed by atoms with van der Waals surface area (Å²) >= 11 is 0. The van der Waals surface area contributed by atoms with Gasteiger partial charge in [0, 0.05) is 6.54 Å². The molecule has 3 aromatic rings. The fourth-order valence-electron chi connectivity index (χ4n) is 3.17. The number of likely N-dealkylation sites (tertiary alicyclic amines) is 1. The molecule has 2 amide bonds. The van der Waals surface area contributed by atoms with Crippen LogP contribution < -0.4 is 5.32 Å². The highest BCUT2D eigenvalue weighted by molar-refractivity contribution is 5.90. The van der Waals surface area contributed by atoms with Crippen LogP contribution in [0.3, 0.4) is 0 Å². The number of carbonyl (C=O) groups is 1. The summed E-state index contributed by atoms with van der Waals surface area (Å²) in [6.07, 6.45) is 1.73. The zero-order valence-electron chi connectivity index (χ0n) is 13.0. The number of halogens is 1. The van der Waals surface area contributed by atoms with E-state index < -0.39 is 5.82 Å². The summed E-state index contributed by atoms with van der Waals surface area (Å²) in [4.78, 5) is 22.2. The monoisotopic (exact) mass is 324 g/mol. The molecule has 1 saturated heterocycles. The minimum atomic E-state index is -0.440. The predicted octanol–water partition coefficient (Wildman–Crippen LogP) is 4.07. The van der Waals surface area contributed by atoms with Crippen molar-refractivity contribution < 1.29 is 9.18 Å². The quantitative estimate of drug-likeness (QED) is 0.746. The van der Waals surface area contributed by atoms with Crippen molar-refractivity contribution in [1.82, 2.24) is 14.9 Å². The summed E-state index contributed by atoms with van der Waals surface area (Å²) in [5.74, 6) is 0.336. The molecule has 0 spiro atoms. The van der Waals surface area contributed by atoms with Crippen LogP contribution in [0.1, 0.15) is 24.7 Å². The van der Waals surface area contributed by atoms with Gasteiger partial charge in [-0.25, -0.2) is 14.2 Å². The average Bonchev–Trinajstić information content (AvgIpc) is 3.23. The molecule has 1 aromatic heterocycles. The molecule has 1 fully saturated rings. The number of imidazole rings is 1. The molecule has 1 aliphatic heterocycles. The van der Waals surface area contributed by atoms with E-state index >= 15 is 0 Å². The van der Waals surface area contributed by atoms with Gasteiger partial charge in [0.05, 0.1) is 22.8 Å². The van der Waals surface area contributed by atoms with Crippen molar-refractivity contribution in [2.24, 2.45) is 0 Å². The number of aromatic nitrogens is 2. The Morgan fingerprint density at radius 1 is 1.21 bits per heavy atom. The first-order valence-corrected chi connectivity index (χ1v) is 7.99. The van der Waals surface area contributed by atoms with E-state index in [-0.39, 0.29) is 17.8 Å². The zero-order valence-corrected chi connectivity index (χ0v) is 13.0. The van der Waals surface area contributed by atoms with E-state index in [1.807, 2.05) is 24.3 Å². The topological polar surface area (TPSA) is 61.0 Å². The molecule has 0 bridgehead atoms. The molecule has 5 nitrogen and oxygen atoms in total. The van der Waals surface area contributed by atoms with Gasteiger partial charge in [-0.2, -0.15) is 0 Å². The molecule has 2 N–H and O–H groups in total. The average molecular weight is 324 g/mol. The fourth-order valence-corrected chi connectivity index (χ4v) is 3.17. The molecular formula is C18H17FN4O. The molecule has 2 heterocycles. The molecule has 2 aromatic carbocycles. The fraction of sp³-hybridized carbons (Fsp3) is 0.222. The first-order chi connectivity index (χ1) is 11.7. The maximum Gasteiger partial charge on any atom is 0.322 e. The number of carbonyl (C=O) groups excluding carboxylic acids is 1. The number of urea groups is 1. The van der Waals surface area contributed by atoms with Crippen molar-refractivity contribution in [1.29, 1.82) is 0 Å². The molecule has 1 atom stereocenters. The van der Waals surface area contributed by atoms with Crippen LogP contribution in [0.5, 0.6) is 0 Å². The highest BCUT2D eigenvalue weighted by Crippen LogP contribution is 2.32. The molecule has 1 aliphatic rings. The molecule has 0 saturated carbocycles. The van der Waals surface area contributed by atoms with E-state index in [1.165, 1.54) is 6.07 Å². The van der Waals surface area contributed by atoms with Crippen LogP contribution in [0.15, 0.2) is 48.5 Å². The van der Waals surface area contributed by atoms with Crippen LogP contribution >= 0.6 is 0 Å². The Morgan fingerprint density at radius 3 is 2.83 bits per heavy atom. The van der Waals surface area contributed by atoms with Crippen molar-refractivity contribution >= 4 is 22.8 Å². The Kier molecular flexibility index (Phi) is 3.65. The van der Waals surface area contributed by atoms with Crippen molar-refractivity contribution in [3.8, 4) is 0 Å². The standard InChI is InChI=1S/C18H17FN4O/c19-12-6-1-2-7-13(12)22-18(24)23-11-5-10-16(23)17-20-14-8-3-4-9-15(14)21-17/h1-4,6-9,16H,5,10-11H2,(H,20,21)(H,22,24). The lowest BCUT2D eigenvalue weighted by Gasteiger charge is -2.23. The number of hydrogen-bond donors (Lipinski definition) is 2. The van der Waals surface area contributed by atoms with Crippen LogP contribution in [-0.2, 0) is 0 Å². The lowest BCUT2D eigenvalue weighted by molar-refractivity contribution is 0.205. The number of nitrogens with one attached hydrogen (secondary N) is 2. The van der Waals surface area contributed by atoms with Gasteiger partial charge >= 0.3 is 6.03 Å². The van der Waals surface area contributed by atoms with E-state index in [9.17, 15) is 9.18 Å². The van der Waals surface area contributed by atoms with Crippen LogP contribution in [0, 0.1) is 5.82 Å².